The van der Waals surface area contributed by atoms with E-state index >= 15 is 0 Å². The number of amides is 1. The highest BCUT2D eigenvalue weighted by molar-refractivity contribution is 7.89. The number of hydrogen-bond donors (Lipinski definition) is 1. The first kappa shape index (κ1) is 18.7. The van der Waals surface area contributed by atoms with Gasteiger partial charge in [0.05, 0.1) is 11.5 Å². The molecule has 0 aliphatic carbocycles. The summed E-state index contributed by atoms with van der Waals surface area (Å²) in [6, 6.07) is 11.9. The standard InChI is InChI=1S/C18H19ClN2O4S/c1-2-25-15-7-9-16(10-8-15)26(23,24)21-12-11-20-18(22)17(21)13-3-5-14(19)6-4-13/h3-10,17H,2,11-12H2,1H3,(H,20,22). The van der Waals surface area contributed by atoms with E-state index in [9.17, 15) is 13.2 Å². The lowest BCUT2D eigenvalue weighted by Gasteiger charge is -2.34. The summed E-state index contributed by atoms with van der Waals surface area (Å²) in [5.41, 5.74) is 0.570. The fourth-order valence-electron chi connectivity index (χ4n) is 2.88. The fraction of sp³-hybridized carbons (Fsp3) is 0.278. The SMILES string of the molecule is CCOc1ccc(S(=O)(=O)N2CCNC(=O)C2c2ccc(Cl)cc2)cc1. The predicted octanol–water partition coefficient (Wildman–Crippen LogP) is 2.60. The molecule has 1 aliphatic rings. The Kier molecular flexibility index (Phi) is 5.50. The van der Waals surface area contributed by atoms with E-state index in [1.54, 1.807) is 36.4 Å². The van der Waals surface area contributed by atoms with Crippen LogP contribution in [0.4, 0.5) is 0 Å². The number of benzene rings is 2. The summed E-state index contributed by atoms with van der Waals surface area (Å²) >= 11 is 5.91. The van der Waals surface area contributed by atoms with Crippen LogP contribution in [0, 0.1) is 0 Å². The number of nitrogens with zero attached hydrogens (tertiary/aromatic N) is 1. The van der Waals surface area contributed by atoms with E-state index < -0.39 is 16.1 Å². The van der Waals surface area contributed by atoms with Crippen LogP contribution in [0.15, 0.2) is 53.4 Å². The monoisotopic (exact) mass is 394 g/mol. The minimum atomic E-state index is -3.85. The van der Waals surface area contributed by atoms with Gasteiger partial charge in [0.15, 0.2) is 0 Å². The molecule has 0 radical (unpaired) electrons. The Morgan fingerprint density at radius 2 is 1.81 bits per heavy atom. The van der Waals surface area contributed by atoms with E-state index in [-0.39, 0.29) is 23.9 Å². The smallest absolute Gasteiger partial charge is 0.244 e. The quantitative estimate of drug-likeness (QED) is 0.845. The van der Waals surface area contributed by atoms with Crippen molar-refractivity contribution in [3.63, 3.8) is 0 Å². The van der Waals surface area contributed by atoms with Gasteiger partial charge in [-0.15, -0.1) is 0 Å². The van der Waals surface area contributed by atoms with Gasteiger partial charge in [0, 0.05) is 18.1 Å². The highest BCUT2D eigenvalue weighted by Gasteiger charge is 2.39. The second kappa shape index (κ2) is 7.65. The Labute approximate surface area is 157 Å². The maximum absolute atomic E-state index is 13.1. The molecule has 2 aromatic rings. The molecule has 1 heterocycles. The van der Waals surface area contributed by atoms with Crippen LogP contribution in [-0.2, 0) is 14.8 Å². The summed E-state index contributed by atoms with van der Waals surface area (Å²) in [5.74, 6) is 0.241. The van der Waals surface area contributed by atoms with Crippen molar-refractivity contribution in [2.24, 2.45) is 0 Å². The van der Waals surface area contributed by atoms with Crippen LogP contribution in [-0.4, -0.2) is 38.3 Å². The molecule has 1 N–H and O–H groups in total. The molecule has 1 saturated heterocycles. The summed E-state index contributed by atoms with van der Waals surface area (Å²) in [4.78, 5) is 12.6. The van der Waals surface area contributed by atoms with E-state index in [2.05, 4.69) is 5.32 Å². The molecule has 8 heteroatoms. The zero-order valence-corrected chi connectivity index (χ0v) is 15.8. The number of sulfonamides is 1. The molecule has 26 heavy (non-hydrogen) atoms. The minimum absolute atomic E-state index is 0.120. The highest BCUT2D eigenvalue weighted by Crippen LogP contribution is 2.31. The second-order valence-corrected chi connectivity index (χ2v) is 8.09. The minimum Gasteiger partial charge on any atom is -0.494 e. The molecule has 0 spiro atoms. The normalized spacial score (nSPS) is 18.4. The van der Waals surface area contributed by atoms with Crippen molar-refractivity contribution >= 4 is 27.5 Å². The van der Waals surface area contributed by atoms with Crippen molar-refractivity contribution in [3.05, 3.63) is 59.1 Å². The Bertz CT molecular complexity index is 882. The highest BCUT2D eigenvalue weighted by atomic mass is 35.5. The number of carbonyl (C=O) groups excluding carboxylic acids is 1. The number of halogens is 1. The molecule has 3 rings (SSSR count). The molecule has 0 saturated carbocycles. The van der Waals surface area contributed by atoms with Crippen LogP contribution >= 0.6 is 11.6 Å². The summed E-state index contributed by atoms with van der Waals surface area (Å²) < 4.78 is 32.8. The molecule has 6 nitrogen and oxygen atoms in total. The van der Waals surface area contributed by atoms with Crippen LogP contribution in [0.3, 0.4) is 0 Å². The Hall–Kier alpha value is -2.09. The number of piperazine rings is 1. The van der Waals surface area contributed by atoms with Gasteiger partial charge in [-0.3, -0.25) is 4.79 Å². The molecule has 1 fully saturated rings. The summed E-state index contributed by atoms with van der Waals surface area (Å²) in [5, 5.41) is 3.25. The van der Waals surface area contributed by atoms with Gasteiger partial charge < -0.3 is 10.1 Å². The van der Waals surface area contributed by atoms with Gasteiger partial charge in [-0.05, 0) is 48.9 Å². The van der Waals surface area contributed by atoms with Gasteiger partial charge in [0.1, 0.15) is 11.8 Å². The number of carbonyl (C=O) groups is 1. The molecule has 138 valence electrons. The molecule has 1 atom stereocenters. The molecular formula is C18H19ClN2O4S. The predicted molar refractivity (Wildman–Crippen MR) is 98.7 cm³/mol. The van der Waals surface area contributed by atoms with Crippen molar-refractivity contribution < 1.29 is 17.9 Å². The Balaban J connectivity index is 1.97. The molecule has 1 aliphatic heterocycles. The van der Waals surface area contributed by atoms with Crippen LogP contribution in [0.5, 0.6) is 5.75 Å². The summed E-state index contributed by atoms with van der Waals surface area (Å²) in [7, 11) is -3.85. The largest absolute Gasteiger partial charge is 0.494 e. The second-order valence-electron chi connectivity index (χ2n) is 5.77. The lowest BCUT2D eigenvalue weighted by molar-refractivity contribution is -0.126. The van der Waals surface area contributed by atoms with Gasteiger partial charge in [0.2, 0.25) is 15.9 Å². The van der Waals surface area contributed by atoms with Crippen molar-refractivity contribution in [3.8, 4) is 5.75 Å². The van der Waals surface area contributed by atoms with Crippen LogP contribution in [0.2, 0.25) is 5.02 Å². The molecular weight excluding hydrogens is 376 g/mol. The van der Waals surface area contributed by atoms with E-state index in [1.165, 1.54) is 16.4 Å². The topological polar surface area (TPSA) is 75.7 Å². The van der Waals surface area contributed by atoms with Crippen molar-refractivity contribution in [2.45, 2.75) is 17.9 Å². The number of hydrogen-bond acceptors (Lipinski definition) is 4. The maximum Gasteiger partial charge on any atom is 0.244 e. The van der Waals surface area contributed by atoms with Crippen molar-refractivity contribution in [2.75, 3.05) is 19.7 Å². The molecule has 1 unspecified atom stereocenters. The Morgan fingerprint density at radius 1 is 1.15 bits per heavy atom. The first-order valence-electron chi connectivity index (χ1n) is 8.21. The fourth-order valence-corrected chi connectivity index (χ4v) is 4.58. The van der Waals surface area contributed by atoms with Crippen LogP contribution < -0.4 is 10.1 Å². The number of ether oxygens (including phenoxy) is 1. The van der Waals surface area contributed by atoms with E-state index in [0.29, 0.717) is 22.9 Å². The van der Waals surface area contributed by atoms with Gasteiger partial charge in [0.25, 0.3) is 0 Å². The molecule has 1 amide bonds. The molecule has 0 bridgehead atoms. The van der Waals surface area contributed by atoms with Gasteiger partial charge in [-0.2, -0.15) is 4.31 Å². The van der Waals surface area contributed by atoms with Crippen molar-refractivity contribution in [1.29, 1.82) is 0 Å². The maximum atomic E-state index is 13.1. The van der Waals surface area contributed by atoms with Crippen molar-refractivity contribution in [1.82, 2.24) is 9.62 Å². The molecule has 0 aromatic heterocycles. The third kappa shape index (κ3) is 3.70. The lowest BCUT2D eigenvalue weighted by Crippen LogP contribution is -2.52. The number of nitrogens with one attached hydrogen (secondary N) is 1. The zero-order chi connectivity index (χ0) is 18.7. The van der Waals surface area contributed by atoms with E-state index in [1.807, 2.05) is 6.92 Å². The summed E-state index contributed by atoms with van der Waals surface area (Å²) in [6.45, 7) is 2.80. The average molecular weight is 395 g/mol. The van der Waals surface area contributed by atoms with Gasteiger partial charge >= 0.3 is 0 Å². The third-order valence-corrected chi connectivity index (χ3v) is 6.23. The first-order chi connectivity index (χ1) is 12.4. The zero-order valence-electron chi connectivity index (χ0n) is 14.2. The summed E-state index contributed by atoms with van der Waals surface area (Å²) in [6.07, 6.45) is 0. The van der Waals surface area contributed by atoms with Gasteiger partial charge in [-0.1, -0.05) is 23.7 Å². The van der Waals surface area contributed by atoms with E-state index in [4.69, 9.17) is 16.3 Å². The van der Waals surface area contributed by atoms with Gasteiger partial charge in [-0.25, -0.2) is 8.42 Å². The molecule has 2 aromatic carbocycles. The first-order valence-corrected chi connectivity index (χ1v) is 10.0. The average Bonchev–Trinajstić information content (AvgIpc) is 2.63. The number of rotatable bonds is 5. The Morgan fingerprint density at radius 3 is 2.42 bits per heavy atom. The van der Waals surface area contributed by atoms with E-state index in [0.717, 1.165) is 0 Å². The lowest BCUT2D eigenvalue weighted by atomic mass is 10.1. The van der Waals surface area contributed by atoms with Crippen LogP contribution in [0.25, 0.3) is 0 Å². The van der Waals surface area contributed by atoms with Crippen LogP contribution in [0.1, 0.15) is 18.5 Å². The third-order valence-electron chi connectivity index (χ3n) is 4.09.